The lowest BCUT2D eigenvalue weighted by Gasteiger charge is -2.22. The van der Waals surface area contributed by atoms with Gasteiger partial charge >= 0.3 is 6.18 Å². The summed E-state index contributed by atoms with van der Waals surface area (Å²) in [5, 5.41) is 0. The average molecular weight is 326 g/mol. The van der Waals surface area contributed by atoms with Gasteiger partial charge in [0.2, 0.25) is 5.91 Å². The maximum absolute atomic E-state index is 12.2. The maximum Gasteiger partial charge on any atom is 0.401 e. The standard InChI is InChI=1S/C10H18F3N3O.2ClH/c11-10(12,13)8-15-4-1-5-16(7-6-15)9(17)2-3-14;;/h1-8,14H2;2*1H. The van der Waals surface area contributed by atoms with Gasteiger partial charge in [0, 0.05) is 39.1 Å². The van der Waals surface area contributed by atoms with Crippen LogP contribution in [0.1, 0.15) is 12.8 Å². The zero-order valence-electron chi connectivity index (χ0n) is 10.5. The molecule has 1 aliphatic heterocycles. The first-order chi connectivity index (χ1) is 7.92. The molecule has 1 rings (SSSR count). The molecule has 116 valence electrons. The van der Waals surface area contributed by atoms with Gasteiger partial charge in [-0.15, -0.1) is 24.8 Å². The van der Waals surface area contributed by atoms with Gasteiger partial charge in [0.25, 0.3) is 0 Å². The molecular formula is C10H20Cl2F3N3O. The van der Waals surface area contributed by atoms with E-state index in [4.69, 9.17) is 5.73 Å². The van der Waals surface area contributed by atoms with Crippen molar-refractivity contribution >= 4 is 30.7 Å². The number of hydrogen-bond acceptors (Lipinski definition) is 3. The van der Waals surface area contributed by atoms with E-state index in [0.29, 0.717) is 26.1 Å². The lowest BCUT2D eigenvalue weighted by atomic mass is 10.3. The second kappa shape index (κ2) is 9.63. The number of rotatable bonds is 3. The summed E-state index contributed by atoms with van der Waals surface area (Å²) < 4.78 is 36.6. The van der Waals surface area contributed by atoms with Crippen LogP contribution < -0.4 is 5.73 Å². The Morgan fingerprint density at radius 1 is 1.11 bits per heavy atom. The summed E-state index contributed by atoms with van der Waals surface area (Å²) in [6.07, 6.45) is -3.33. The summed E-state index contributed by atoms with van der Waals surface area (Å²) in [4.78, 5) is 14.5. The third kappa shape index (κ3) is 8.52. The summed E-state index contributed by atoms with van der Waals surface area (Å²) in [7, 11) is 0. The fourth-order valence-electron chi connectivity index (χ4n) is 1.91. The number of hydrogen-bond donors (Lipinski definition) is 1. The molecule has 0 aromatic carbocycles. The first-order valence-corrected chi connectivity index (χ1v) is 5.69. The molecular weight excluding hydrogens is 306 g/mol. The van der Waals surface area contributed by atoms with Gasteiger partial charge in [-0.05, 0) is 6.42 Å². The van der Waals surface area contributed by atoms with Gasteiger partial charge in [0.05, 0.1) is 6.54 Å². The molecule has 0 unspecified atom stereocenters. The van der Waals surface area contributed by atoms with Crippen molar-refractivity contribution in [2.24, 2.45) is 5.73 Å². The van der Waals surface area contributed by atoms with E-state index < -0.39 is 12.7 Å². The molecule has 1 saturated heterocycles. The lowest BCUT2D eigenvalue weighted by Crippen LogP contribution is -2.38. The van der Waals surface area contributed by atoms with Crippen molar-refractivity contribution in [2.45, 2.75) is 19.0 Å². The second-order valence-corrected chi connectivity index (χ2v) is 4.16. The smallest absolute Gasteiger partial charge is 0.341 e. The van der Waals surface area contributed by atoms with E-state index in [9.17, 15) is 18.0 Å². The van der Waals surface area contributed by atoms with E-state index in [2.05, 4.69) is 0 Å². The van der Waals surface area contributed by atoms with Crippen LogP contribution in [0.25, 0.3) is 0 Å². The minimum Gasteiger partial charge on any atom is -0.341 e. The number of nitrogens with two attached hydrogens (primary N) is 1. The Kier molecular flexibility index (Phi) is 10.7. The molecule has 0 saturated carbocycles. The average Bonchev–Trinajstić information content (AvgIpc) is 2.41. The monoisotopic (exact) mass is 325 g/mol. The Balaban J connectivity index is 0. The van der Waals surface area contributed by atoms with E-state index >= 15 is 0 Å². The zero-order valence-corrected chi connectivity index (χ0v) is 12.1. The Hall–Kier alpha value is -0.240. The maximum atomic E-state index is 12.2. The number of amides is 1. The molecule has 2 N–H and O–H groups in total. The van der Waals surface area contributed by atoms with Gasteiger partial charge in [0.15, 0.2) is 0 Å². The van der Waals surface area contributed by atoms with E-state index in [0.717, 1.165) is 0 Å². The molecule has 0 aromatic heterocycles. The highest BCUT2D eigenvalue weighted by Crippen LogP contribution is 2.17. The fraction of sp³-hybridized carbons (Fsp3) is 0.900. The van der Waals surface area contributed by atoms with Crippen molar-refractivity contribution in [3.05, 3.63) is 0 Å². The topological polar surface area (TPSA) is 49.6 Å². The van der Waals surface area contributed by atoms with Crippen molar-refractivity contribution in [3.63, 3.8) is 0 Å². The third-order valence-corrected chi connectivity index (χ3v) is 2.70. The molecule has 0 atom stereocenters. The van der Waals surface area contributed by atoms with Gasteiger partial charge in [-0.3, -0.25) is 9.69 Å². The minimum atomic E-state index is -4.17. The third-order valence-electron chi connectivity index (χ3n) is 2.70. The highest BCUT2D eigenvalue weighted by molar-refractivity contribution is 5.85. The number of carbonyl (C=O) groups is 1. The molecule has 1 heterocycles. The summed E-state index contributed by atoms with van der Waals surface area (Å²) in [5.74, 6) is -0.0682. The van der Waals surface area contributed by atoms with Crippen LogP contribution in [0.4, 0.5) is 13.2 Å². The normalized spacial score (nSPS) is 17.2. The molecule has 0 radical (unpaired) electrons. The molecule has 0 aromatic rings. The Morgan fingerprint density at radius 2 is 1.74 bits per heavy atom. The molecule has 9 heteroatoms. The molecule has 4 nitrogen and oxygen atoms in total. The van der Waals surface area contributed by atoms with E-state index in [1.165, 1.54) is 4.90 Å². The SMILES string of the molecule is Cl.Cl.NCCC(=O)N1CCCN(CC(F)(F)F)CC1. The fourth-order valence-corrected chi connectivity index (χ4v) is 1.91. The van der Waals surface area contributed by atoms with Gasteiger partial charge in [-0.1, -0.05) is 0 Å². The summed E-state index contributed by atoms with van der Waals surface area (Å²) in [6.45, 7) is 0.914. The van der Waals surface area contributed by atoms with Crippen molar-refractivity contribution in [1.82, 2.24) is 9.80 Å². The molecule has 0 aliphatic carbocycles. The number of carbonyl (C=O) groups excluding carboxylic acids is 1. The van der Waals surface area contributed by atoms with Gasteiger partial charge in [0.1, 0.15) is 0 Å². The molecule has 1 amide bonds. The van der Waals surface area contributed by atoms with Crippen LogP contribution in [-0.2, 0) is 4.79 Å². The quantitative estimate of drug-likeness (QED) is 0.850. The Bertz CT molecular complexity index is 267. The highest BCUT2D eigenvalue weighted by Gasteiger charge is 2.31. The first kappa shape index (κ1) is 21.1. The minimum absolute atomic E-state index is 0. The molecule has 0 spiro atoms. The summed E-state index contributed by atoms with van der Waals surface area (Å²) in [6, 6.07) is 0. The summed E-state index contributed by atoms with van der Waals surface area (Å²) >= 11 is 0. The van der Waals surface area contributed by atoms with Crippen molar-refractivity contribution in [3.8, 4) is 0 Å². The van der Waals surface area contributed by atoms with E-state index in [1.54, 1.807) is 4.90 Å². The van der Waals surface area contributed by atoms with E-state index in [1.807, 2.05) is 0 Å². The van der Waals surface area contributed by atoms with Crippen molar-refractivity contribution < 1.29 is 18.0 Å². The molecule has 0 bridgehead atoms. The summed E-state index contributed by atoms with van der Waals surface area (Å²) in [5.41, 5.74) is 5.28. The molecule has 19 heavy (non-hydrogen) atoms. The van der Waals surface area contributed by atoms with Crippen LogP contribution in [0.3, 0.4) is 0 Å². The van der Waals surface area contributed by atoms with Crippen LogP contribution in [0, 0.1) is 0 Å². The van der Waals surface area contributed by atoms with E-state index in [-0.39, 0.29) is 50.2 Å². The Labute approximate surface area is 123 Å². The Morgan fingerprint density at radius 3 is 2.26 bits per heavy atom. The van der Waals surface area contributed by atoms with Gasteiger partial charge in [-0.25, -0.2) is 0 Å². The lowest BCUT2D eigenvalue weighted by molar-refractivity contribution is -0.145. The van der Waals surface area contributed by atoms with Gasteiger partial charge in [-0.2, -0.15) is 13.2 Å². The van der Waals surface area contributed by atoms with Crippen LogP contribution in [0.15, 0.2) is 0 Å². The predicted octanol–water partition coefficient (Wildman–Crippen LogP) is 1.28. The number of halogens is 5. The molecule has 1 fully saturated rings. The number of alkyl halides is 3. The van der Waals surface area contributed by atoms with Crippen LogP contribution >= 0.6 is 24.8 Å². The highest BCUT2D eigenvalue weighted by atomic mass is 35.5. The van der Waals surface area contributed by atoms with Gasteiger partial charge < -0.3 is 10.6 Å². The second-order valence-electron chi connectivity index (χ2n) is 4.16. The molecule has 1 aliphatic rings. The predicted molar refractivity (Wildman–Crippen MR) is 71.9 cm³/mol. The van der Waals surface area contributed by atoms with Crippen molar-refractivity contribution in [2.75, 3.05) is 39.3 Å². The zero-order chi connectivity index (χ0) is 12.9. The van der Waals surface area contributed by atoms with Crippen molar-refractivity contribution in [1.29, 1.82) is 0 Å². The van der Waals surface area contributed by atoms with Crippen LogP contribution in [-0.4, -0.2) is 61.2 Å². The first-order valence-electron chi connectivity index (χ1n) is 5.69. The van der Waals surface area contributed by atoms with Crippen LogP contribution in [0.5, 0.6) is 0 Å². The van der Waals surface area contributed by atoms with Crippen LogP contribution in [0.2, 0.25) is 0 Å². The number of nitrogens with zero attached hydrogens (tertiary/aromatic N) is 2. The largest absolute Gasteiger partial charge is 0.401 e.